The Labute approximate surface area is 145 Å². The maximum atomic E-state index is 12.5. The lowest BCUT2D eigenvalue weighted by atomic mass is 9.44. The molecule has 24 heavy (non-hydrogen) atoms. The number of aliphatic hydroxyl groups is 2. The van der Waals surface area contributed by atoms with Gasteiger partial charge in [-0.2, -0.15) is 0 Å². The molecule has 4 nitrogen and oxygen atoms in total. The van der Waals surface area contributed by atoms with Gasteiger partial charge in [0.1, 0.15) is 5.78 Å². The molecule has 4 rings (SSSR count). The minimum atomic E-state index is -0.729. The fourth-order valence-corrected chi connectivity index (χ4v) is 7.23. The first-order valence-electron chi connectivity index (χ1n) is 9.74. The van der Waals surface area contributed by atoms with Crippen molar-refractivity contribution in [1.82, 2.24) is 0 Å². The Morgan fingerprint density at radius 3 is 2.58 bits per heavy atom. The quantitative estimate of drug-likeness (QED) is 0.772. The van der Waals surface area contributed by atoms with Crippen LogP contribution in [0.3, 0.4) is 0 Å². The van der Waals surface area contributed by atoms with E-state index in [2.05, 4.69) is 6.92 Å². The molecular formula is C20H32O4. The highest BCUT2D eigenvalue weighted by molar-refractivity contribution is 5.88. The summed E-state index contributed by atoms with van der Waals surface area (Å²) in [6, 6.07) is 0. The van der Waals surface area contributed by atoms with Crippen molar-refractivity contribution in [1.29, 1.82) is 0 Å². The van der Waals surface area contributed by atoms with Gasteiger partial charge >= 0.3 is 0 Å². The summed E-state index contributed by atoms with van der Waals surface area (Å²) < 4.78 is 5.62. The van der Waals surface area contributed by atoms with Crippen LogP contribution >= 0.6 is 0 Å². The Kier molecular flexibility index (Phi) is 3.91. The molecule has 2 N–H and O–H groups in total. The van der Waals surface area contributed by atoms with Crippen LogP contribution in [0.5, 0.6) is 0 Å². The van der Waals surface area contributed by atoms with Crippen molar-refractivity contribution in [3.05, 3.63) is 0 Å². The van der Waals surface area contributed by atoms with E-state index in [-0.39, 0.29) is 23.5 Å². The zero-order chi connectivity index (χ0) is 17.3. The van der Waals surface area contributed by atoms with Gasteiger partial charge in [-0.3, -0.25) is 4.79 Å². The monoisotopic (exact) mass is 336 g/mol. The summed E-state index contributed by atoms with van der Waals surface area (Å²) in [5.74, 6) is 1.45. The predicted molar refractivity (Wildman–Crippen MR) is 90.3 cm³/mol. The van der Waals surface area contributed by atoms with Crippen molar-refractivity contribution in [3.63, 3.8) is 0 Å². The average Bonchev–Trinajstić information content (AvgIpc) is 2.79. The second kappa shape index (κ2) is 5.52. The van der Waals surface area contributed by atoms with Crippen molar-refractivity contribution in [2.24, 2.45) is 34.5 Å². The molecule has 4 heteroatoms. The minimum Gasteiger partial charge on any atom is -0.392 e. The molecule has 0 unspecified atom stereocenters. The van der Waals surface area contributed by atoms with Crippen LogP contribution < -0.4 is 0 Å². The number of carbonyl (C=O) groups is 1. The van der Waals surface area contributed by atoms with Gasteiger partial charge in [0.05, 0.1) is 23.7 Å². The van der Waals surface area contributed by atoms with E-state index in [1.807, 2.05) is 14.0 Å². The van der Waals surface area contributed by atoms with Crippen molar-refractivity contribution in [2.45, 2.75) is 77.1 Å². The van der Waals surface area contributed by atoms with E-state index in [1.54, 1.807) is 0 Å². The SMILES string of the molecule is CO[C@H]1CC[C@@]2(C)[C@@H](CC[C@H]3[C@@H]4[C@@H](O)CC(=O)[C@@]4(C)[C@H](O)C[C@@H]32)C1. The summed E-state index contributed by atoms with van der Waals surface area (Å²) in [7, 11) is 1.81. The third kappa shape index (κ3) is 2.05. The van der Waals surface area contributed by atoms with E-state index in [0.717, 1.165) is 32.1 Å². The van der Waals surface area contributed by atoms with E-state index >= 15 is 0 Å². The van der Waals surface area contributed by atoms with Gasteiger partial charge in [-0.25, -0.2) is 0 Å². The molecule has 136 valence electrons. The van der Waals surface area contributed by atoms with Crippen LogP contribution in [0.15, 0.2) is 0 Å². The highest BCUT2D eigenvalue weighted by Crippen LogP contribution is 2.65. The fraction of sp³-hybridized carbons (Fsp3) is 0.950. The average molecular weight is 336 g/mol. The first-order chi connectivity index (χ1) is 11.3. The van der Waals surface area contributed by atoms with E-state index in [9.17, 15) is 15.0 Å². The summed E-state index contributed by atoms with van der Waals surface area (Å²) in [4.78, 5) is 12.5. The number of fused-ring (bicyclic) bond motifs is 5. The molecule has 0 saturated heterocycles. The molecule has 4 saturated carbocycles. The van der Waals surface area contributed by atoms with Gasteiger partial charge in [-0.1, -0.05) is 6.92 Å². The largest absolute Gasteiger partial charge is 0.392 e. The van der Waals surface area contributed by atoms with Gasteiger partial charge in [0, 0.05) is 19.4 Å². The Hall–Kier alpha value is -0.450. The fourth-order valence-electron chi connectivity index (χ4n) is 7.23. The smallest absolute Gasteiger partial charge is 0.144 e. The Bertz CT molecular complexity index is 534. The van der Waals surface area contributed by atoms with Gasteiger partial charge in [-0.15, -0.1) is 0 Å². The van der Waals surface area contributed by atoms with E-state index in [4.69, 9.17) is 4.74 Å². The molecule has 0 heterocycles. The van der Waals surface area contributed by atoms with Crippen molar-refractivity contribution >= 4 is 5.78 Å². The molecule has 0 aromatic carbocycles. The van der Waals surface area contributed by atoms with Crippen LogP contribution in [0.1, 0.15) is 58.8 Å². The number of rotatable bonds is 1. The third-order valence-corrected chi connectivity index (χ3v) is 8.76. The number of hydrogen-bond donors (Lipinski definition) is 2. The standard InChI is InChI=1S/C20H32O4/c1-19-7-6-12(24-3)8-11(19)4-5-13-14(19)9-16(22)20(2)17(23)10-15(21)18(13)20/h11-16,18,21-22H,4-10H2,1-3H3/t11-,12-,13+,14-,15-,16+,18+,19-,20+/m0/s1. The molecule has 0 spiro atoms. The van der Waals surface area contributed by atoms with Crippen LogP contribution in [0, 0.1) is 34.5 Å². The number of methoxy groups -OCH3 is 1. The number of ketones is 1. The molecular weight excluding hydrogens is 304 g/mol. The minimum absolute atomic E-state index is 0.0586. The highest BCUT2D eigenvalue weighted by Gasteiger charge is 2.66. The second-order valence-electron chi connectivity index (χ2n) is 9.44. The van der Waals surface area contributed by atoms with Crippen molar-refractivity contribution in [3.8, 4) is 0 Å². The number of carbonyl (C=O) groups excluding carboxylic acids is 1. The van der Waals surface area contributed by atoms with Gasteiger partial charge in [-0.05, 0) is 68.6 Å². The highest BCUT2D eigenvalue weighted by atomic mass is 16.5. The first-order valence-corrected chi connectivity index (χ1v) is 9.74. The molecule has 0 aromatic heterocycles. The molecule has 0 aromatic rings. The second-order valence-corrected chi connectivity index (χ2v) is 9.44. The maximum absolute atomic E-state index is 12.5. The third-order valence-electron chi connectivity index (χ3n) is 8.76. The molecule has 0 amide bonds. The molecule has 4 fully saturated rings. The van der Waals surface area contributed by atoms with Crippen molar-refractivity contribution < 1.29 is 19.7 Å². The molecule has 9 atom stereocenters. The summed E-state index contributed by atoms with van der Waals surface area (Å²) in [6.45, 7) is 4.31. The Morgan fingerprint density at radius 2 is 1.88 bits per heavy atom. The van der Waals surface area contributed by atoms with E-state index in [1.165, 1.54) is 6.42 Å². The zero-order valence-electron chi connectivity index (χ0n) is 15.2. The maximum Gasteiger partial charge on any atom is 0.144 e. The lowest BCUT2D eigenvalue weighted by molar-refractivity contribution is -0.179. The molecule has 0 radical (unpaired) electrons. The zero-order valence-corrected chi connectivity index (χ0v) is 15.2. The molecule has 4 aliphatic carbocycles. The predicted octanol–water partition coefficient (Wildman–Crippen LogP) is 2.55. The van der Waals surface area contributed by atoms with Crippen LogP contribution in [-0.2, 0) is 9.53 Å². The van der Waals surface area contributed by atoms with E-state index < -0.39 is 17.6 Å². The summed E-state index contributed by atoms with van der Waals surface area (Å²) in [5.41, 5.74) is -0.515. The number of ether oxygens (including phenoxy) is 1. The van der Waals surface area contributed by atoms with Crippen LogP contribution in [0.4, 0.5) is 0 Å². The lowest BCUT2D eigenvalue weighted by Gasteiger charge is -2.61. The Balaban J connectivity index is 1.67. The van der Waals surface area contributed by atoms with Crippen LogP contribution in [-0.4, -0.2) is 41.4 Å². The van der Waals surface area contributed by atoms with Gasteiger partial charge in [0.2, 0.25) is 0 Å². The van der Waals surface area contributed by atoms with E-state index in [0.29, 0.717) is 23.9 Å². The topological polar surface area (TPSA) is 66.8 Å². The van der Waals surface area contributed by atoms with Gasteiger partial charge in [0.15, 0.2) is 0 Å². The van der Waals surface area contributed by atoms with Gasteiger partial charge in [0.25, 0.3) is 0 Å². The molecule has 0 bridgehead atoms. The van der Waals surface area contributed by atoms with Crippen molar-refractivity contribution in [2.75, 3.05) is 7.11 Å². The van der Waals surface area contributed by atoms with Crippen LogP contribution in [0.25, 0.3) is 0 Å². The Morgan fingerprint density at radius 1 is 1.12 bits per heavy atom. The summed E-state index contributed by atoms with van der Waals surface area (Å²) in [5, 5.41) is 21.5. The summed E-state index contributed by atoms with van der Waals surface area (Å²) >= 11 is 0. The van der Waals surface area contributed by atoms with Gasteiger partial charge < -0.3 is 14.9 Å². The normalized spacial score (nSPS) is 57.2. The number of Topliss-reactive ketones (excluding diaryl/α,β-unsaturated/α-hetero) is 1. The van der Waals surface area contributed by atoms with Crippen LogP contribution in [0.2, 0.25) is 0 Å². The first kappa shape index (κ1) is 17.0. The summed E-state index contributed by atoms with van der Waals surface area (Å²) in [6.07, 6.45) is 5.74. The lowest BCUT2D eigenvalue weighted by Crippen LogP contribution is -2.59. The molecule has 0 aliphatic heterocycles. The molecule has 4 aliphatic rings. The number of hydrogen-bond acceptors (Lipinski definition) is 4. The number of aliphatic hydroxyl groups excluding tert-OH is 2.